The van der Waals surface area contributed by atoms with E-state index in [1.807, 2.05) is 0 Å². The molecule has 0 aliphatic carbocycles. The average molecular weight is 291 g/mol. The van der Waals surface area contributed by atoms with E-state index in [1.54, 1.807) is 0 Å². The van der Waals surface area contributed by atoms with Crippen LogP contribution >= 0.6 is 23.2 Å². The molecule has 0 aliphatic heterocycles. The van der Waals surface area contributed by atoms with Crippen LogP contribution in [-0.2, 0) is 4.79 Å². The maximum absolute atomic E-state index is 13.0. The first kappa shape index (κ1) is 14.1. The van der Waals surface area contributed by atoms with Gasteiger partial charge in [0.1, 0.15) is 0 Å². The number of rotatable bonds is 2. The molecule has 1 rings (SSSR count). The minimum Gasteiger partial charge on any atom is -0.481 e. The molecule has 94 valence electrons. The Morgan fingerprint density at radius 3 is 1.94 bits per heavy atom. The van der Waals surface area contributed by atoms with Gasteiger partial charge in [-0.25, -0.2) is 4.39 Å². The van der Waals surface area contributed by atoms with Gasteiger partial charge in [-0.05, 0) is 17.7 Å². The zero-order valence-electron chi connectivity index (χ0n) is 7.86. The standard InChI is InChI=1S/C9H4Cl2F4O2/c10-4-1-3(2-5(11)7(4)12)6(8(16)17)9(13,14)15/h1-2,6H,(H,16,17). The van der Waals surface area contributed by atoms with E-state index >= 15 is 0 Å². The molecule has 0 saturated carbocycles. The summed E-state index contributed by atoms with van der Waals surface area (Å²) in [6.07, 6.45) is -5.02. The molecule has 0 radical (unpaired) electrons. The second kappa shape index (κ2) is 4.70. The van der Waals surface area contributed by atoms with Crippen LogP contribution in [0, 0.1) is 5.82 Å². The molecular formula is C9H4Cl2F4O2. The first-order valence-electron chi connectivity index (χ1n) is 4.08. The smallest absolute Gasteiger partial charge is 0.406 e. The third-order valence-corrected chi connectivity index (χ3v) is 2.46. The van der Waals surface area contributed by atoms with Crippen molar-refractivity contribution in [1.82, 2.24) is 0 Å². The van der Waals surface area contributed by atoms with Crippen molar-refractivity contribution in [3.8, 4) is 0 Å². The van der Waals surface area contributed by atoms with Gasteiger partial charge in [-0.3, -0.25) is 4.79 Å². The lowest BCUT2D eigenvalue weighted by Crippen LogP contribution is -2.28. The normalized spacial score (nSPS) is 13.5. The SMILES string of the molecule is O=C(O)C(c1cc(Cl)c(F)c(Cl)c1)C(F)(F)F. The Labute approximate surface area is 103 Å². The van der Waals surface area contributed by atoms with Crippen LogP contribution in [0.5, 0.6) is 0 Å². The fraction of sp³-hybridized carbons (Fsp3) is 0.222. The lowest BCUT2D eigenvalue weighted by molar-refractivity contribution is -0.176. The molecule has 0 saturated heterocycles. The van der Waals surface area contributed by atoms with Gasteiger partial charge >= 0.3 is 12.1 Å². The first-order chi connectivity index (χ1) is 7.64. The Bertz CT molecular complexity index is 436. The summed E-state index contributed by atoms with van der Waals surface area (Å²) in [5.74, 6) is -6.00. The molecule has 0 spiro atoms. The zero-order valence-corrected chi connectivity index (χ0v) is 9.37. The number of carbonyl (C=O) groups is 1. The minimum atomic E-state index is -5.02. The minimum absolute atomic E-state index is 0.592. The fourth-order valence-corrected chi connectivity index (χ4v) is 1.72. The van der Waals surface area contributed by atoms with Crippen molar-refractivity contribution in [2.24, 2.45) is 0 Å². The molecule has 0 bridgehead atoms. The van der Waals surface area contributed by atoms with E-state index in [9.17, 15) is 22.4 Å². The Kier molecular flexibility index (Phi) is 3.88. The van der Waals surface area contributed by atoms with E-state index in [2.05, 4.69) is 0 Å². The van der Waals surface area contributed by atoms with Crippen LogP contribution in [0.15, 0.2) is 12.1 Å². The van der Waals surface area contributed by atoms with Gasteiger partial charge in [-0.15, -0.1) is 0 Å². The Hall–Kier alpha value is -1.01. The van der Waals surface area contributed by atoms with Gasteiger partial charge in [0.05, 0.1) is 10.0 Å². The highest BCUT2D eigenvalue weighted by Crippen LogP contribution is 2.38. The van der Waals surface area contributed by atoms with Crippen LogP contribution in [0.4, 0.5) is 17.6 Å². The van der Waals surface area contributed by atoms with Gasteiger partial charge in [-0.1, -0.05) is 23.2 Å². The van der Waals surface area contributed by atoms with E-state index in [0.717, 1.165) is 0 Å². The van der Waals surface area contributed by atoms with Gasteiger partial charge in [0.25, 0.3) is 0 Å². The summed E-state index contributed by atoms with van der Waals surface area (Å²) < 4.78 is 50.4. The Balaban J connectivity index is 3.35. The fourth-order valence-electron chi connectivity index (χ4n) is 1.21. The number of alkyl halides is 3. The second-order valence-corrected chi connectivity index (χ2v) is 3.93. The van der Waals surface area contributed by atoms with Gasteiger partial charge < -0.3 is 5.11 Å². The molecule has 0 heterocycles. The van der Waals surface area contributed by atoms with Crippen LogP contribution in [0.3, 0.4) is 0 Å². The average Bonchev–Trinajstić information content (AvgIpc) is 2.10. The third-order valence-electron chi connectivity index (χ3n) is 1.91. The molecule has 0 aliphatic rings. The Morgan fingerprint density at radius 2 is 1.65 bits per heavy atom. The number of hydrogen-bond donors (Lipinski definition) is 1. The van der Waals surface area contributed by atoms with Gasteiger partial charge in [-0.2, -0.15) is 13.2 Å². The van der Waals surface area contributed by atoms with Crippen molar-refractivity contribution in [2.75, 3.05) is 0 Å². The summed E-state index contributed by atoms with van der Waals surface area (Å²) in [5.41, 5.74) is -0.721. The highest BCUT2D eigenvalue weighted by atomic mass is 35.5. The summed E-state index contributed by atoms with van der Waals surface area (Å²) >= 11 is 10.6. The van der Waals surface area contributed by atoms with Crippen LogP contribution in [0.1, 0.15) is 11.5 Å². The predicted octanol–water partition coefficient (Wildman–Crippen LogP) is 3.86. The van der Waals surface area contributed by atoms with Crippen molar-refractivity contribution in [2.45, 2.75) is 12.1 Å². The van der Waals surface area contributed by atoms with Crippen molar-refractivity contribution >= 4 is 29.2 Å². The lowest BCUT2D eigenvalue weighted by Gasteiger charge is -2.17. The van der Waals surface area contributed by atoms with E-state index in [0.29, 0.717) is 12.1 Å². The number of halogens is 6. The second-order valence-electron chi connectivity index (χ2n) is 3.11. The summed E-state index contributed by atoms with van der Waals surface area (Å²) in [7, 11) is 0. The number of benzene rings is 1. The number of carboxylic acids is 1. The number of hydrogen-bond acceptors (Lipinski definition) is 1. The number of carboxylic acid groups (broad SMARTS) is 1. The molecule has 17 heavy (non-hydrogen) atoms. The molecule has 1 atom stereocenters. The molecule has 0 amide bonds. The van der Waals surface area contributed by atoms with Crippen molar-refractivity contribution < 1.29 is 27.5 Å². The first-order valence-corrected chi connectivity index (χ1v) is 4.84. The van der Waals surface area contributed by atoms with Crippen LogP contribution < -0.4 is 0 Å². The van der Waals surface area contributed by atoms with Crippen LogP contribution in [0.2, 0.25) is 10.0 Å². The summed E-state index contributed by atoms with van der Waals surface area (Å²) in [5, 5.41) is 7.19. The monoisotopic (exact) mass is 290 g/mol. The molecule has 1 unspecified atom stereocenters. The van der Waals surface area contributed by atoms with Gasteiger partial charge in [0.2, 0.25) is 0 Å². The maximum atomic E-state index is 13.0. The highest BCUT2D eigenvalue weighted by molar-refractivity contribution is 6.35. The van der Waals surface area contributed by atoms with Gasteiger partial charge in [0, 0.05) is 0 Å². The maximum Gasteiger partial charge on any atom is 0.406 e. The third kappa shape index (κ3) is 3.01. The molecule has 1 N–H and O–H groups in total. The van der Waals surface area contributed by atoms with E-state index in [1.165, 1.54) is 0 Å². The van der Waals surface area contributed by atoms with Crippen LogP contribution in [0.25, 0.3) is 0 Å². The quantitative estimate of drug-likeness (QED) is 0.663. The molecular weight excluding hydrogens is 287 g/mol. The molecule has 0 fully saturated rings. The van der Waals surface area contributed by atoms with E-state index in [-0.39, 0.29) is 0 Å². The zero-order chi connectivity index (χ0) is 13.4. The largest absolute Gasteiger partial charge is 0.481 e. The van der Waals surface area contributed by atoms with Crippen molar-refractivity contribution in [3.05, 3.63) is 33.6 Å². The summed E-state index contributed by atoms with van der Waals surface area (Å²) in [6, 6.07) is 1.18. The van der Waals surface area contributed by atoms with Crippen LogP contribution in [-0.4, -0.2) is 17.3 Å². The molecule has 1 aromatic carbocycles. The molecule has 2 nitrogen and oxygen atoms in total. The van der Waals surface area contributed by atoms with E-state index < -0.39 is 39.5 Å². The highest BCUT2D eigenvalue weighted by Gasteiger charge is 2.46. The van der Waals surface area contributed by atoms with Crippen molar-refractivity contribution in [1.29, 1.82) is 0 Å². The summed E-state index contributed by atoms with van der Waals surface area (Å²) in [6.45, 7) is 0. The van der Waals surface area contributed by atoms with Crippen molar-refractivity contribution in [3.63, 3.8) is 0 Å². The lowest BCUT2D eigenvalue weighted by atomic mass is 9.99. The molecule has 1 aromatic rings. The molecule has 0 aromatic heterocycles. The predicted molar refractivity (Wildman–Crippen MR) is 52.9 cm³/mol. The topological polar surface area (TPSA) is 37.3 Å². The Morgan fingerprint density at radius 1 is 1.24 bits per heavy atom. The van der Waals surface area contributed by atoms with Gasteiger partial charge in [0.15, 0.2) is 11.7 Å². The summed E-state index contributed by atoms with van der Waals surface area (Å²) in [4.78, 5) is 10.6. The molecule has 8 heteroatoms. The number of aliphatic carboxylic acids is 1. The van der Waals surface area contributed by atoms with E-state index in [4.69, 9.17) is 28.3 Å².